The van der Waals surface area contributed by atoms with Gasteiger partial charge in [0.05, 0.1) is 6.04 Å². The zero-order valence-corrected chi connectivity index (χ0v) is 15.6. The molecule has 2 rings (SSSR count). The smallest absolute Gasteiger partial charge is 0.317 e. The summed E-state index contributed by atoms with van der Waals surface area (Å²) in [5.74, 6) is 1.67. The summed E-state index contributed by atoms with van der Waals surface area (Å²) in [6, 6.07) is 9.20. The Hall–Kier alpha value is -2.08. The molecule has 1 aromatic heterocycles. The molecule has 130 valence electrons. The maximum atomic E-state index is 12.4. The predicted molar refractivity (Wildman–Crippen MR) is 95.4 cm³/mol. The first kappa shape index (κ1) is 18.3. The molecule has 0 aliphatic heterocycles. The number of hydrogen-bond acceptors (Lipinski definition) is 3. The summed E-state index contributed by atoms with van der Waals surface area (Å²) >= 11 is 0. The highest BCUT2D eigenvalue weighted by molar-refractivity contribution is 7.84. The van der Waals surface area contributed by atoms with Crippen molar-refractivity contribution in [2.75, 3.05) is 13.3 Å². The van der Waals surface area contributed by atoms with Crippen LogP contribution in [0.15, 0.2) is 39.6 Å². The minimum atomic E-state index is -0.996. The van der Waals surface area contributed by atoms with Crippen LogP contribution in [0.25, 0.3) is 0 Å². The van der Waals surface area contributed by atoms with Gasteiger partial charge in [0.2, 0.25) is 0 Å². The fraction of sp³-hybridized carbons (Fsp3) is 0.389. The molecule has 0 bridgehead atoms. The van der Waals surface area contributed by atoms with Crippen molar-refractivity contribution in [2.45, 2.75) is 38.3 Å². The second-order valence-corrected chi connectivity index (χ2v) is 7.29. The molecule has 0 saturated carbocycles. The fourth-order valence-corrected chi connectivity index (χ4v) is 3.01. The molecule has 6 heteroatoms. The van der Waals surface area contributed by atoms with E-state index in [1.54, 1.807) is 18.2 Å². The highest BCUT2D eigenvalue weighted by Gasteiger charge is 2.18. The molecular formula is C18H24N2O3S. The predicted octanol–water partition coefficient (Wildman–Crippen LogP) is 3.54. The second kappa shape index (κ2) is 7.66. The van der Waals surface area contributed by atoms with Crippen molar-refractivity contribution in [1.29, 1.82) is 0 Å². The van der Waals surface area contributed by atoms with E-state index in [9.17, 15) is 9.00 Å². The van der Waals surface area contributed by atoms with Crippen molar-refractivity contribution in [3.05, 3.63) is 53.0 Å². The van der Waals surface area contributed by atoms with Gasteiger partial charge in [0.25, 0.3) is 0 Å². The van der Waals surface area contributed by atoms with E-state index in [1.807, 2.05) is 51.1 Å². The Morgan fingerprint density at radius 1 is 1.29 bits per heavy atom. The van der Waals surface area contributed by atoms with E-state index in [4.69, 9.17) is 4.42 Å². The van der Waals surface area contributed by atoms with E-state index in [0.717, 1.165) is 27.5 Å². The number of hydrogen-bond donors (Lipinski definition) is 1. The van der Waals surface area contributed by atoms with Crippen LogP contribution in [0.1, 0.15) is 35.6 Å². The topological polar surface area (TPSA) is 62.6 Å². The average molecular weight is 348 g/mol. The summed E-state index contributed by atoms with van der Waals surface area (Å²) in [5, 5.41) is 2.91. The first-order valence-electron chi connectivity index (χ1n) is 7.79. The first-order chi connectivity index (χ1) is 11.3. The number of nitrogens with one attached hydrogen (secondary N) is 1. The van der Waals surface area contributed by atoms with E-state index < -0.39 is 10.8 Å². The zero-order valence-electron chi connectivity index (χ0n) is 14.8. The zero-order chi connectivity index (χ0) is 17.9. The first-order valence-corrected chi connectivity index (χ1v) is 9.35. The van der Waals surface area contributed by atoms with Crippen molar-refractivity contribution < 1.29 is 13.4 Å². The lowest BCUT2D eigenvalue weighted by atomic mass is 10.1. The minimum Gasteiger partial charge on any atom is -0.466 e. The summed E-state index contributed by atoms with van der Waals surface area (Å²) < 4.78 is 16.9. The molecule has 2 aromatic rings. The molecule has 5 nitrogen and oxygen atoms in total. The standard InChI is InChI=1S/C18H24N2O3S/c1-12-10-16(14(3)23-12)11-19-18(21)20(4)13(2)15-6-8-17(9-7-15)24(5)22/h6-10,13H,11H2,1-5H3,(H,19,21). The van der Waals surface area contributed by atoms with Gasteiger partial charge in [-0.05, 0) is 44.5 Å². The van der Waals surface area contributed by atoms with E-state index in [2.05, 4.69) is 5.32 Å². The quantitative estimate of drug-likeness (QED) is 0.899. The van der Waals surface area contributed by atoms with Crippen LogP contribution in [0.4, 0.5) is 4.79 Å². The fourth-order valence-electron chi connectivity index (χ4n) is 2.49. The molecule has 0 saturated heterocycles. The number of nitrogens with zero attached hydrogens (tertiary/aromatic N) is 1. The van der Waals surface area contributed by atoms with Crippen LogP contribution in [0, 0.1) is 13.8 Å². The lowest BCUT2D eigenvalue weighted by Crippen LogP contribution is -2.38. The third kappa shape index (κ3) is 4.26. The molecule has 24 heavy (non-hydrogen) atoms. The number of amides is 2. The van der Waals surface area contributed by atoms with Crippen molar-refractivity contribution >= 4 is 16.8 Å². The van der Waals surface area contributed by atoms with Gasteiger partial charge in [-0.1, -0.05) is 12.1 Å². The van der Waals surface area contributed by atoms with E-state index in [-0.39, 0.29) is 12.1 Å². The Kier molecular flexibility index (Phi) is 5.83. The molecule has 0 spiro atoms. The highest BCUT2D eigenvalue weighted by atomic mass is 32.2. The van der Waals surface area contributed by atoms with Crippen LogP contribution in [0.3, 0.4) is 0 Å². The van der Waals surface area contributed by atoms with Gasteiger partial charge in [-0.3, -0.25) is 4.21 Å². The van der Waals surface area contributed by atoms with Gasteiger partial charge in [0.15, 0.2) is 0 Å². The third-order valence-corrected chi connectivity index (χ3v) is 5.11. The van der Waals surface area contributed by atoms with E-state index in [0.29, 0.717) is 6.54 Å². The summed E-state index contributed by atoms with van der Waals surface area (Å²) in [4.78, 5) is 14.8. The van der Waals surface area contributed by atoms with Crippen LogP contribution in [-0.4, -0.2) is 28.4 Å². The van der Waals surface area contributed by atoms with Crippen LogP contribution in [0.5, 0.6) is 0 Å². The van der Waals surface area contributed by atoms with Gasteiger partial charge in [0, 0.05) is 41.1 Å². The number of carbonyl (C=O) groups is 1. The number of furan rings is 1. The maximum absolute atomic E-state index is 12.4. The minimum absolute atomic E-state index is 0.0866. The van der Waals surface area contributed by atoms with E-state index in [1.165, 1.54) is 0 Å². The maximum Gasteiger partial charge on any atom is 0.317 e. The molecule has 1 N–H and O–H groups in total. The highest BCUT2D eigenvalue weighted by Crippen LogP contribution is 2.20. The van der Waals surface area contributed by atoms with E-state index >= 15 is 0 Å². The van der Waals surface area contributed by atoms with Crippen LogP contribution in [-0.2, 0) is 17.3 Å². The van der Waals surface area contributed by atoms with Crippen molar-refractivity contribution in [2.24, 2.45) is 0 Å². The molecule has 0 fully saturated rings. The Labute approximate surface area is 145 Å². The van der Waals surface area contributed by atoms with Gasteiger partial charge in [0.1, 0.15) is 11.5 Å². The summed E-state index contributed by atoms with van der Waals surface area (Å²) in [6.07, 6.45) is 1.65. The van der Waals surface area contributed by atoms with Crippen molar-refractivity contribution in [3.8, 4) is 0 Å². The number of benzene rings is 1. The van der Waals surface area contributed by atoms with Gasteiger partial charge in [-0.15, -0.1) is 0 Å². The molecule has 1 aromatic carbocycles. The molecule has 1 heterocycles. The van der Waals surface area contributed by atoms with Crippen molar-refractivity contribution in [3.63, 3.8) is 0 Å². The molecule has 0 radical (unpaired) electrons. The van der Waals surface area contributed by atoms with Gasteiger partial charge >= 0.3 is 6.03 Å². The number of aryl methyl sites for hydroxylation is 2. The molecule has 2 unspecified atom stereocenters. The van der Waals surface area contributed by atoms with Gasteiger partial charge in [-0.25, -0.2) is 4.79 Å². The lowest BCUT2D eigenvalue weighted by molar-refractivity contribution is 0.194. The van der Waals surface area contributed by atoms with Gasteiger partial charge in [-0.2, -0.15) is 0 Å². The Balaban J connectivity index is 1.98. The molecule has 2 amide bonds. The van der Waals surface area contributed by atoms with Crippen LogP contribution in [0.2, 0.25) is 0 Å². The monoisotopic (exact) mass is 348 g/mol. The van der Waals surface area contributed by atoms with Crippen LogP contribution >= 0.6 is 0 Å². The molecule has 0 aliphatic carbocycles. The lowest BCUT2D eigenvalue weighted by Gasteiger charge is -2.25. The largest absolute Gasteiger partial charge is 0.466 e. The third-order valence-electron chi connectivity index (χ3n) is 4.17. The Morgan fingerprint density at radius 2 is 1.92 bits per heavy atom. The SMILES string of the molecule is Cc1cc(CNC(=O)N(C)C(C)c2ccc(S(C)=O)cc2)c(C)o1. The summed E-state index contributed by atoms with van der Waals surface area (Å²) in [5.41, 5.74) is 1.98. The Bertz CT molecular complexity index is 737. The Morgan fingerprint density at radius 3 is 2.42 bits per heavy atom. The second-order valence-electron chi connectivity index (χ2n) is 5.91. The molecule has 2 atom stereocenters. The molecular weight excluding hydrogens is 324 g/mol. The number of rotatable bonds is 5. The van der Waals surface area contributed by atoms with Gasteiger partial charge < -0.3 is 14.6 Å². The van der Waals surface area contributed by atoms with Crippen LogP contribution < -0.4 is 5.32 Å². The average Bonchev–Trinajstić information content (AvgIpc) is 2.88. The number of urea groups is 1. The normalized spacial score (nSPS) is 13.4. The number of carbonyl (C=O) groups excluding carboxylic acids is 1. The summed E-state index contributed by atoms with van der Waals surface area (Å²) in [7, 11) is 0.767. The van der Waals surface area contributed by atoms with Crippen molar-refractivity contribution in [1.82, 2.24) is 10.2 Å². The molecule has 0 aliphatic rings. The summed E-state index contributed by atoms with van der Waals surface area (Å²) in [6.45, 7) is 6.18.